The van der Waals surface area contributed by atoms with E-state index < -0.39 is 0 Å². The van der Waals surface area contributed by atoms with Gasteiger partial charge in [0, 0.05) is 12.8 Å². The van der Waals surface area contributed by atoms with Crippen molar-refractivity contribution in [1.82, 2.24) is 0 Å². The minimum Gasteiger partial charge on any atom is -0.467 e. The number of nitrogen functional groups attached to an aromatic ring is 1. The van der Waals surface area contributed by atoms with Gasteiger partial charge in [0.15, 0.2) is 6.79 Å². The molecule has 0 radical (unpaired) electrons. The molecule has 0 heterocycles. The zero-order valence-corrected chi connectivity index (χ0v) is 14.9. The molecule has 24 heavy (non-hydrogen) atoms. The molecule has 0 atom stereocenters. The topological polar surface area (TPSA) is 44.5 Å². The van der Waals surface area contributed by atoms with Crippen molar-refractivity contribution in [3.05, 3.63) is 57.6 Å². The molecule has 3 heteroatoms. The summed E-state index contributed by atoms with van der Waals surface area (Å²) in [6.07, 6.45) is 5.70. The smallest absolute Gasteiger partial charge is 0.188 e. The predicted octanol–water partition coefficient (Wildman–Crippen LogP) is 4.34. The zero-order chi connectivity index (χ0) is 17.1. The van der Waals surface area contributed by atoms with Crippen molar-refractivity contribution in [2.24, 2.45) is 0 Å². The van der Waals surface area contributed by atoms with Gasteiger partial charge in [-0.05, 0) is 97.5 Å². The first-order chi connectivity index (χ1) is 11.6. The molecule has 0 fully saturated rings. The summed E-state index contributed by atoms with van der Waals surface area (Å²) in [5.74, 6) is 0.987. The third kappa shape index (κ3) is 3.41. The van der Waals surface area contributed by atoms with E-state index in [1.165, 1.54) is 46.2 Å². The van der Waals surface area contributed by atoms with Crippen LogP contribution in [-0.2, 0) is 24.0 Å². The number of benzene rings is 2. The standard InChI is InChI=1S/C21H27NO2/c1-14-10-17(22)11-15(2)20(14)12-16-8-9-21(24-13-23-3)19-7-5-4-6-18(16)19/h8-11H,4-7,12-13,22H2,1-3H3. The Hall–Kier alpha value is -2.00. The van der Waals surface area contributed by atoms with Crippen LogP contribution in [0.15, 0.2) is 24.3 Å². The monoisotopic (exact) mass is 325 g/mol. The molecular weight excluding hydrogens is 298 g/mol. The van der Waals surface area contributed by atoms with Crippen molar-refractivity contribution in [2.75, 3.05) is 19.6 Å². The highest BCUT2D eigenvalue weighted by molar-refractivity contribution is 5.53. The van der Waals surface area contributed by atoms with Crippen LogP contribution in [0.1, 0.15) is 46.2 Å². The Morgan fingerprint density at radius 2 is 1.67 bits per heavy atom. The number of anilines is 1. The Balaban J connectivity index is 1.97. The van der Waals surface area contributed by atoms with E-state index in [0.717, 1.165) is 30.7 Å². The highest BCUT2D eigenvalue weighted by atomic mass is 16.7. The number of aryl methyl sites for hydroxylation is 2. The van der Waals surface area contributed by atoms with Crippen LogP contribution >= 0.6 is 0 Å². The van der Waals surface area contributed by atoms with E-state index in [1.54, 1.807) is 7.11 Å². The normalized spacial score (nSPS) is 13.6. The molecule has 0 saturated heterocycles. The van der Waals surface area contributed by atoms with Crippen molar-refractivity contribution in [2.45, 2.75) is 46.0 Å². The van der Waals surface area contributed by atoms with Gasteiger partial charge in [0.25, 0.3) is 0 Å². The number of hydrogen-bond acceptors (Lipinski definition) is 3. The van der Waals surface area contributed by atoms with Gasteiger partial charge < -0.3 is 15.2 Å². The molecule has 0 aromatic heterocycles. The zero-order valence-electron chi connectivity index (χ0n) is 14.9. The lowest BCUT2D eigenvalue weighted by Crippen LogP contribution is -2.11. The van der Waals surface area contributed by atoms with Crippen LogP contribution in [0.5, 0.6) is 5.75 Å². The van der Waals surface area contributed by atoms with Gasteiger partial charge >= 0.3 is 0 Å². The Morgan fingerprint density at radius 1 is 1.00 bits per heavy atom. The summed E-state index contributed by atoms with van der Waals surface area (Å²) in [5.41, 5.74) is 15.0. The average molecular weight is 325 g/mol. The van der Waals surface area contributed by atoms with E-state index >= 15 is 0 Å². The molecular formula is C21H27NO2. The van der Waals surface area contributed by atoms with E-state index in [0.29, 0.717) is 6.79 Å². The molecule has 1 aliphatic rings. The van der Waals surface area contributed by atoms with E-state index in [9.17, 15) is 0 Å². The summed E-state index contributed by atoms with van der Waals surface area (Å²) >= 11 is 0. The summed E-state index contributed by atoms with van der Waals surface area (Å²) in [5, 5.41) is 0. The fourth-order valence-electron chi connectivity index (χ4n) is 3.83. The van der Waals surface area contributed by atoms with Crippen molar-refractivity contribution in [3.63, 3.8) is 0 Å². The summed E-state index contributed by atoms with van der Waals surface area (Å²) in [6.45, 7) is 4.62. The predicted molar refractivity (Wildman–Crippen MR) is 98.7 cm³/mol. The van der Waals surface area contributed by atoms with Crippen LogP contribution in [0.2, 0.25) is 0 Å². The molecule has 2 N–H and O–H groups in total. The molecule has 0 bridgehead atoms. The van der Waals surface area contributed by atoms with Gasteiger partial charge in [-0.2, -0.15) is 0 Å². The number of fused-ring (bicyclic) bond motifs is 1. The van der Waals surface area contributed by atoms with Gasteiger partial charge in [-0.15, -0.1) is 0 Å². The maximum atomic E-state index is 5.97. The summed E-state index contributed by atoms with van der Waals surface area (Å²) < 4.78 is 10.9. The van der Waals surface area contributed by atoms with Crippen molar-refractivity contribution < 1.29 is 9.47 Å². The molecule has 2 aromatic rings. The van der Waals surface area contributed by atoms with Crippen molar-refractivity contribution in [1.29, 1.82) is 0 Å². The SMILES string of the molecule is COCOc1ccc(Cc2c(C)cc(N)cc2C)c2c1CCCC2. The lowest BCUT2D eigenvalue weighted by molar-refractivity contribution is 0.0502. The van der Waals surface area contributed by atoms with Gasteiger partial charge in [0.2, 0.25) is 0 Å². The molecule has 0 aliphatic heterocycles. The van der Waals surface area contributed by atoms with Crippen LogP contribution in [0.4, 0.5) is 5.69 Å². The second kappa shape index (κ2) is 7.27. The van der Waals surface area contributed by atoms with Gasteiger partial charge in [0.05, 0.1) is 0 Å². The lowest BCUT2D eigenvalue weighted by Gasteiger charge is -2.23. The van der Waals surface area contributed by atoms with E-state index in [1.807, 2.05) is 0 Å². The highest BCUT2D eigenvalue weighted by Crippen LogP contribution is 2.34. The largest absolute Gasteiger partial charge is 0.467 e. The van der Waals surface area contributed by atoms with E-state index in [4.69, 9.17) is 15.2 Å². The quantitative estimate of drug-likeness (QED) is 0.657. The molecule has 0 saturated carbocycles. The summed E-state index contributed by atoms with van der Waals surface area (Å²) in [6, 6.07) is 8.49. The highest BCUT2D eigenvalue weighted by Gasteiger charge is 2.19. The third-order valence-corrected chi connectivity index (χ3v) is 5.01. The first-order valence-electron chi connectivity index (χ1n) is 8.71. The van der Waals surface area contributed by atoms with Crippen LogP contribution in [0.3, 0.4) is 0 Å². The van der Waals surface area contributed by atoms with Crippen molar-refractivity contribution in [3.8, 4) is 5.75 Å². The van der Waals surface area contributed by atoms with Crippen LogP contribution < -0.4 is 10.5 Å². The molecule has 2 aromatic carbocycles. The van der Waals surface area contributed by atoms with Crippen LogP contribution in [0.25, 0.3) is 0 Å². The Labute approximate surface area is 144 Å². The Morgan fingerprint density at radius 3 is 2.33 bits per heavy atom. The number of rotatable bonds is 5. The molecule has 3 rings (SSSR count). The van der Waals surface area contributed by atoms with E-state index in [2.05, 4.69) is 38.1 Å². The number of methoxy groups -OCH3 is 1. The summed E-state index contributed by atoms with van der Waals surface area (Å²) in [7, 11) is 1.66. The minimum absolute atomic E-state index is 0.308. The molecule has 128 valence electrons. The molecule has 0 unspecified atom stereocenters. The summed E-state index contributed by atoms with van der Waals surface area (Å²) in [4.78, 5) is 0. The van der Waals surface area contributed by atoms with Gasteiger partial charge in [-0.1, -0.05) is 6.07 Å². The van der Waals surface area contributed by atoms with E-state index in [-0.39, 0.29) is 0 Å². The minimum atomic E-state index is 0.308. The lowest BCUT2D eigenvalue weighted by atomic mass is 9.84. The van der Waals surface area contributed by atoms with Gasteiger partial charge in [0.1, 0.15) is 5.75 Å². The maximum Gasteiger partial charge on any atom is 0.188 e. The number of ether oxygens (including phenoxy) is 2. The van der Waals surface area contributed by atoms with Crippen LogP contribution in [0, 0.1) is 13.8 Å². The number of nitrogens with two attached hydrogens (primary N) is 1. The molecule has 3 nitrogen and oxygen atoms in total. The fourth-order valence-corrected chi connectivity index (χ4v) is 3.83. The van der Waals surface area contributed by atoms with Crippen molar-refractivity contribution >= 4 is 5.69 Å². The Bertz CT molecular complexity index is 714. The second-order valence-electron chi connectivity index (χ2n) is 6.75. The molecule has 0 amide bonds. The average Bonchev–Trinajstić information content (AvgIpc) is 2.57. The first kappa shape index (κ1) is 16.8. The molecule has 0 spiro atoms. The Kier molecular flexibility index (Phi) is 5.10. The fraction of sp³-hybridized carbons (Fsp3) is 0.429. The maximum absolute atomic E-state index is 5.97. The first-order valence-corrected chi connectivity index (χ1v) is 8.71. The molecule has 1 aliphatic carbocycles. The van der Waals surface area contributed by atoms with Crippen LogP contribution in [-0.4, -0.2) is 13.9 Å². The van der Waals surface area contributed by atoms with Gasteiger partial charge in [-0.25, -0.2) is 0 Å². The number of hydrogen-bond donors (Lipinski definition) is 1. The third-order valence-electron chi connectivity index (χ3n) is 5.01. The second-order valence-corrected chi connectivity index (χ2v) is 6.75. The van der Waals surface area contributed by atoms with Gasteiger partial charge in [-0.3, -0.25) is 0 Å².